The third-order valence-corrected chi connectivity index (χ3v) is 4.11. The highest BCUT2D eigenvalue weighted by Gasteiger charge is 2.24. The fourth-order valence-electron chi connectivity index (χ4n) is 2.93. The summed E-state index contributed by atoms with van der Waals surface area (Å²) in [4.78, 5) is 14.8. The summed E-state index contributed by atoms with van der Waals surface area (Å²) in [6.45, 7) is 1.95. The third-order valence-electron chi connectivity index (χ3n) is 4.11. The number of hydrogen-bond acceptors (Lipinski definition) is 3. The van der Waals surface area contributed by atoms with Gasteiger partial charge in [0.25, 0.3) is 0 Å². The maximum absolute atomic E-state index is 12.5. The second-order valence-corrected chi connectivity index (χ2v) is 5.91. The quantitative estimate of drug-likeness (QED) is 0.798. The van der Waals surface area contributed by atoms with Crippen molar-refractivity contribution in [3.05, 3.63) is 60.2 Å². The molecule has 0 amide bonds. The molecule has 0 saturated carbocycles. The summed E-state index contributed by atoms with van der Waals surface area (Å²) in [6, 6.07) is 17.1. The first-order valence-corrected chi connectivity index (χ1v) is 7.78. The predicted molar refractivity (Wildman–Crippen MR) is 87.5 cm³/mol. The van der Waals surface area contributed by atoms with Gasteiger partial charge in [-0.25, -0.2) is 0 Å². The van der Waals surface area contributed by atoms with E-state index >= 15 is 0 Å². The number of nitrogens with zero attached hydrogens (tertiary/aromatic N) is 1. The van der Waals surface area contributed by atoms with Gasteiger partial charge in [-0.05, 0) is 62.8 Å². The van der Waals surface area contributed by atoms with Crippen molar-refractivity contribution in [1.82, 2.24) is 4.90 Å². The van der Waals surface area contributed by atoms with Crippen molar-refractivity contribution < 1.29 is 9.53 Å². The Morgan fingerprint density at radius 1 is 1.05 bits per heavy atom. The predicted octanol–water partition coefficient (Wildman–Crippen LogP) is 4.00. The molecule has 0 spiro atoms. The largest absolute Gasteiger partial charge is 0.457 e. The minimum Gasteiger partial charge on any atom is -0.457 e. The summed E-state index contributed by atoms with van der Waals surface area (Å²) in [5.41, 5.74) is 0.778. The van der Waals surface area contributed by atoms with Gasteiger partial charge in [0.15, 0.2) is 5.78 Å². The highest BCUT2D eigenvalue weighted by Crippen LogP contribution is 2.24. The summed E-state index contributed by atoms with van der Waals surface area (Å²) < 4.78 is 5.76. The zero-order chi connectivity index (χ0) is 15.4. The van der Waals surface area contributed by atoms with Crippen LogP contribution in [-0.2, 0) is 0 Å². The molecule has 1 unspecified atom stereocenters. The van der Waals surface area contributed by atoms with Crippen molar-refractivity contribution in [2.45, 2.75) is 12.8 Å². The summed E-state index contributed by atoms with van der Waals surface area (Å²) in [7, 11) is 2.08. The molecule has 3 rings (SSSR count). The molecule has 0 N–H and O–H groups in total. The highest BCUT2D eigenvalue weighted by atomic mass is 16.5. The van der Waals surface area contributed by atoms with Crippen LogP contribution in [0.25, 0.3) is 0 Å². The Morgan fingerprint density at radius 3 is 2.41 bits per heavy atom. The molecule has 1 fully saturated rings. The van der Waals surface area contributed by atoms with Gasteiger partial charge in [-0.3, -0.25) is 4.79 Å². The highest BCUT2D eigenvalue weighted by molar-refractivity contribution is 5.98. The van der Waals surface area contributed by atoms with Crippen LogP contribution in [0.5, 0.6) is 11.5 Å². The van der Waals surface area contributed by atoms with E-state index in [1.165, 1.54) is 0 Å². The van der Waals surface area contributed by atoms with Crippen LogP contribution < -0.4 is 4.74 Å². The molecular formula is C19H21NO2. The lowest BCUT2D eigenvalue weighted by Crippen LogP contribution is -2.36. The van der Waals surface area contributed by atoms with Gasteiger partial charge in [-0.1, -0.05) is 18.2 Å². The number of para-hydroxylation sites is 1. The van der Waals surface area contributed by atoms with E-state index in [0.717, 1.165) is 43.0 Å². The number of rotatable bonds is 4. The number of Topliss-reactive ketones (excluding diaryl/α,β-unsaturated/α-hetero) is 1. The van der Waals surface area contributed by atoms with Crippen LogP contribution in [-0.4, -0.2) is 30.8 Å². The smallest absolute Gasteiger partial charge is 0.167 e. The Kier molecular flexibility index (Phi) is 4.54. The second-order valence-electron chi connectivity index (χ2n) is 5.91. The van der Waals surface area contributed by atoms with E-state index in [2.05, 4.69) is 11.9 Å². The third kappa shape index (κ3) is 3.55. The van der Waals surface area contributed by atoms with Crippen molar-refractivity contribution in [1.29, 1.82) is 0 Å². The molecule has 1 atom stereocenters. The van der Waals surface area contributed by atoms with Crippen molar-refractivity contribution in [3.8, 4) is 11.5 Å². The van der Waals surface area contributed by atoms with E-state index < -0.39 is 0 Å². The molecule has 22 heavy (non-hydrogen) atoms. The standard InChI is InChI=1S/C19H21NO2/c1-20-13-5-6-16(14-20)19(21)15-9-11-18(12-10-15)22-17-7-3-2-4-8-17/h2-4,7-12,16H,5-6,13-14H2,1H3. The Morgan fingerprint density at radius 2 is 1.73 bits per heavy atom. The Balaban J connectivity index is 1.67. The van der Waals surface area contributed by atoms with Crippen LogP contribution in [0.1, 0.15) is 23.2 Å². The lowest BCUT2D eigenvalue weighted by Gasteiger charge is -2.28. The van der Waals surface area contributed by atoms with Crippen molar-refractivity contribution in [2.75, 3.05) is 20.1 Å². The van der Waals surface area contributed by atoms with Crippen LogP contribution in [0, 0.1) is 5.92 Å². The molecule has 3 nitrogen and oxygen atoms in total. The van der Waals surface area contributed by atoms with E-state index in [1.54, 1.807) is 0 Å². The molecule has 0 radical (unpaired) electrons. The number of benzene rings is 2. The van der Waals surface area contributed by atoms with E-state index in [4.69, 9.17) is 4.74 Å². The number of carbonyl (C=O) groups excluding carboxylic acids is 1. The molecule has 3 heteroatoms. The van der Waals surface area contributed by atoms with Gasteiger partial charge in [-0.2, -0.15) is 0 Å². The van der Waals surface area contributed by atoms with Gasteiger partial charge in [-0.15, -0.1) is 0 Å². The van der Waals surface area contributed by atoms with Crippen LogP contribution in [0.2, 0.25) is 0 Å². The number of piperidine rings is 1. The second kappa shape index (κ2) is 6.75. The average molecular weight is 295 g/mol. The SMILES string of the molecule is CN1CCCC(C(=O)c2ccc(Oc3ccccc3)cc2)C1. The van der Waals surface area contributed by atoms with E-state index in [1.807, 2.05) is 54.6 Å². The minimum atomic E-state index is 0.125. The lowest BCUT2D eigenvalue weighted by molar-refractivity contribution is 0.0843. The average Bonchev–Trinajstić information content (AvgIpc) is 2.56. The van der Waals surface area contributed by atoms with Crippen molar-refractivity contribution >= 4 is 5.78 Å². The first-order valence-electron chi connectivity index (χ1n) is 7.78. The fraction of sp³-hybridized carbons (Fsp3) is 0.316. The van der Waals surface area contributed by atoms with Crippen molar-refractivity contribution in [2.24, 2.45) is 5.92 Å². The van der Waals surface area contributed by atoms with Crippen LogP contribution in [0.15, 0.2) is 54.6 Å². The van der Waals surface area contributed by atoms with Crippen molar-refractivity contribution in [3.63, 3.8) is 0 Å². The molecule has 1 saturated heterocycles. The van der Waals surface area contributed by atoms with Gasteiger partial charge in [0.1, 0.15) is 11.5 Å². The summed E-state index contributed by atoms with van der Waals surface area (Å²) in [6.07, 6.45) is 2.09. The zero-order valence-electron chi connectivity index (χ0n) is 12.9. The van der Waals surface area contributed by atoms with Crippen LogP contribution in [0.3, 0.4) is 0 Å². The van der Waals surface area contributed by atoms with Gasteiger partial charge in [0.05, 0.1) is 0 Å². The zero-order valence-corrected chi connectivity index (χ0v) is 12.9. The normalized spacial score (nSPS) is 18.9. The minimum absolute atomic E-state index is 0.125. The molecule has 1 aliphatic rings. The van der Waals surface area contributed by atoms with E-state index in [0.29, 0.717) is 0 Å². The van der Waals surface area contributed by atoms with Gasteiger partial charge < -0.3 is 9.64 Å². The van der Waals surface area contributed by atoms with E-state index in [9.17, 15) is 4.79 Å². The molecular weight excluding hydrogens is 274 g/mol. The fourth-order valence-corrected chi connectivity index (χ4v) is 2.93. The molecule has 114 valence electrons. The number of ketones is 1. The molecule has 0 aliphatic carbocycles. The van der Waals surface area contributed by atoms with Gasteiger partial charge >= 0.3 is 0 Å². The number of hydrogen-bond donors (Lipinski definition) is 0. The monoisotopic (exact) mass is 295 g/mol. The topological polar surface area (TPSA) is 29.5 Å². The number of carbonyl (C=O) groups is 1. The molecule has 2 aromatic rings. The van der Waals surface area contributed by atoms with Crippen LogP contribution in [0.4, 0.5) is 0 Å². The summed E-state index contributed by atoms with van der Waals surface area (Å²) >= 11 is 0. The summed E-state index contributed by atoms with van der Waals surface area (Å²) in [5, 5.41) is 0. The maximum Gasteiger partial charge on any atom is 0.167 e. The molecule has 1 aliphatic heterocycles. The Bertz CT molecular complexity index is 622. The number of ether oxygens (including phenoxy) is 1. The Labute approximate surface area is 131 Å². The first kappa shape index (κ1) is 14.8. The molecule has 0 bridgehead atoms. The molecule has 2 aromatic carbocycles. The number of likely N-dealkylation sites (tertiary alicyclic amines) is 1. The van der Waals surface area contributed by atoms with E-state index in [-0.39, 0.29) is 11.7 Å². The van der Waals surface area contributed by atoms with Gasteiger partial charge in [0, 0.05) is 18.0 Å². The Hall–Kier alpha value is -2.13. The summed E-state index contributed by atoms with van der Waals surface area (Å²) in [5.74, 6) is 1.93. The lowest BCUT2D eigenvalue weighted by atomic mass is 9.90. The van der Waals surface area contributed by atoms with Crippen LogP contribution >= 0.6 is 0 Å². The maximum atomic E-state index is 12.5. The molecule has 0 aromatic heterocycles. The molecule has 1 heterocycles. The first-order chi connectivity index (χ1) is 10.7. The van der Waals surface area contributed by atoms with Gasteiger partial charge in [0.2, 0.25) is 0 Å².